The summed E-state index contributed by atoms with van der Waals surface area (Å²) in [6.45, 7) is 7.58. The van der Waals surface area contributed by atoms with Gasteiger partial charge >= 0.3 is 6.09 Å². The van der Waals surface area contributed by atoms with Crippen molar-refractivity contribution in [3.05, 3.63) is 35.6 Å². The van der Waals surface area contributed by atoms with Gasteiger partial charge in [-0.1, -0.05) is 25.1 Å². The van der Waals surface area contributed by atoms with Crippen LogP contribution in [-0.2, 0) is 10.2 Å². The molecule has 0 spiro atoms. The highest BCUT2D eigenvalue weighted by atomic mass is 19.1. The Bertz CT molecular complexity index is 471. The molecule has 1 atom stereocenters. The van der Waals surface area contributed by atoms with Crippen molar-refractivity contribution in [2.75, 3.05) is 13.1 Å². The van der Waals surface area contributed by atoms with E-state index in [1.165, 1.54) is 6.07 Å². The van der Waals surface area contributed by atoms with Crippen LogP contribution < -0.4 is 11.1 Å². The average Bonchev–Trinajstić information content (AvgIpc) is 2.34. The first-order valence-corrected chi connectivity index (χ1v) is 6.60. The Kier molecular flexibility index (Phi) is 5.11. The predicted molar refractivity (Wildman–Crippen MR) is 77.0 cm³/mol. The molecule has 1 unspecified atom stereocenters. The molecule has 0 fully saturated rings. The third-order valence-corrected chi connectivity index (χ3v) is 3.00. The number of hydrogen-bond acceptors (Lipinski definition) is 3. The highest BCUT2D eigenvalue weighted by molar-refractivity contribution is 5.67. The van der Waals surface area contributed by atoms with Crippen LogP contribution in [0.3, 0.4) is 0 Å². The summed E-state index contributed by atoms with van der Waals surface area (Å²) >= 11 is 0. The summed E-state index contributed by atoms with van der Waals surface area (Å²) in [5, 5.41) is 2.65. The average molecular weight is 282 g/mol. The lowest BCUT2D eigenvalue weighted by Crippen LogP contribution is -2.45. The van der Waals surface area contributed by atoms with Crippen LogP contribution in [0.5, 0.6) is 0 Å². The summed E-state index contributed by atoms with van der Waals surface area (Å²) in [5.41, 5.74) is 5.00. The maximum atomic E-state index is 13.9. The van der Waals surface area contributed by atoms with Gasteiger partial charge in [-0.25, -0.2) is 9.18 Å². The third-order valence-electron chi connectivity index (χ3n) is 3.00. The molecule has 0 aliphatic carbocycles. The van der Waals surface area contributed by atoms with Gasteiger partial charge in [0.2, 0.25) is 0 Å². The summed E-state index contributed by atoms with van der Waals surface area (Å²) < 4.78 is 19.0. The summed E-state index contributed by atoms with van der Waals surface area (Å²) in [6, 6.07) is 6.44. The van der Waals surface area contributed by atoms with E-state index in [-0.39, 0.29) is 18.9 Å². The molecule has 4 nitrogen and oxygen atoms in total. The quantitative estimate of drug-likeness (QED) is 0.892. The van der Waals surface area contributed by atoms with Crippen molar-refractivity contribution in [2.45, 2.75) is 38.7 Å². The number of halogens is 1. The van der Waals surface area contributed by atoms with E-state index in [0.29, 0.717) is 5.56 Å². The van der Waals surface area contributed by atoms with E-state index in [2.05, 4.69) is 5.32 Å². The highest BCUT2D eigenvalue weighted by Crippen LogP contribution is 2.24. The lowest BCUT2D eigenvalue weighted by Gasteiger charge is -2.30. The monoisotopic (exact) mass is 282 g/mol. The SMILES string of the molecule is CC(C)(C)OC(=O)NCC(C)(CN)c1ccccc1F. The first kappa shape index (κ1) is 16.4. The zero-order valence-corrected chi connectivity index (χ0v) is 12.5. The zero-order chi connectivity index (χ0) is 15.4. The predicted octanol–water partition coefficient (Wildman–Crippen LogP) is 2.57. The van der Waals surface area contributed by atoms with E-state index < -0.39 is 17.1 Å². The van der Waals surface area contributed by atoms with Gasteiger partial charge in [0.05, 0.1) is 0 Å². The molecule has 1 aromatic rings. The van der Waals surface area contributed by atoms with E-state index in [1.54, 1.807) is 39.0 Å². The molecule has 0 saturated heterocycles. The van der Waals surface area contributed by atoms with Gasteiger partial charge in [-0.15, -0.1) is 0 Å². The normalized spacial score (nSPS) is 14.5. The fourth-order valence-corrected chi connectivity index (χ4v) is 1.81. The van der Waals surface area contributed by atoms with Gasteiger partial charge in [0, 0.05) is 18.5 Å². The third kappa shape index (κ3) is 4.49. The minimum atomic E-state index is -0.678. The smallest absolute Gasteiger partial charge is 0.407 e. The van der Waals surface area contributed by atoms with Crippen LogP contribution in [0.15, 0.2) is 24.3 Å². The second-order valence-electron chi connectivity index (χ2n) is 6.10. The molecule has 0 aromatic heterocycles. The lowest BCUT2D eigenvalue weighted by atomic mass is 9.82. The number of nitrogens with two attached hydrogens (primary N) is 1. The lowest BCUT2D eigenvalue weighted by molar-refractivity contribution is 0.0516. The van der Waals surface area contributed by atoms with Gasteiger partial charge in [-0.3, -0.25) is 0 Å². The van der Waals surface area contributed by atoms with Crippen molar-refractivity contribution in [3.8, 4) is 0 Å². The highest BCUT2D eigenvalue weighted by Gasteiger charge is 2.29. The number of carbonyl (C=O) groups is 1. The Balaban J connectivity index is 2.77. The first-order chi connectivity index (χ1) is 9.18. The van der Waals surface area contributed by atoms with Crippen molar-refractivity contribution in [1.29, 1.82) is 0 Å². The Hall–Kier alpha value is -1.62. The maximum Gasteiger partial charge on any atom is 0.407 e. The topological polar surface area (TPSA) is 64.3 Å². The van der Waals surface area contributed by atoms with Gasteiger partial charge in [0.1, 0.15) is 11.4 Å². The van der Waals surface area contributed by atoms with Crippen LogP contribution in [0.2, 0.25) is 0 Å². The molecule has 1 aromatic carbocycles. The van der Waals surface area contributed by atoms with Gasteiger partial charge < -0.3 is 15.8 Å². The van der Waals surface area contributed by atoms with Crippen molar-refractivity contribution in [1.82, 2.24) is 5.32 Å². The molecule has 0 bridgehead atoms. The van der Waals surface area contributed by atoms with Gasteiger partial charge in [0.15, 0.2) is 0 Å². The van der Waals surface area contributed by atoms with E-state index in [0.717, 1.165) is 0 Å². The molecule has 1 rings (SSSR count). The Morgan fingerprint density at radius 1 is 1.30 bits per heavy atom. The Morgan fingerprint density at radius 3 is 2.40 bits per heavy atom. The molecule has 112 valence electrons. The first-order valence-electron chi connectivity index (χ1n) is 6.60. The summed E-state index contributed by atoms with van der Waals surface area (Å²) in [7, 11) is 0. The molecule has 5 heteroatoms. The minimum Gasteiger partial charge on any atom is -0.444 e. The molecular formula is C15H23FN2O2. The second kappa shape index (κ2) is 6.22. The van der Waals surface area contributed by atoms with Crippen LogP contribution in [0.1, 0.15) is 33.3 Å². The van der Waals surface area contributed by atoms with E-state index >= 15 is 0 Å². The number of carbonyl (C=O) groups excluding carboxylic acids is 1. The van der Waals surface area contributed by atoms with Gasteiger partial charge in [-0.05, 0) is 32.4 Å². The minimum absolute atomic E-state index is 0.208. The van der Waals surface area contributed by atoms with Crippen molar-refractivity contribution < 1.29 is 13.9 Å². The fourth-order valence-electron chi connectivity index (χ4n) is 1.81. The zero-order valence-electron chi connectivity index (χ0n) is 12.5. The van der Waals surface area contributed by atoms with E-state index in [1.807, 2.05) is 6.92 Å². The Morgan fingerprint density at radius 2 is 1.90 bits per heavy atom. The number of benzene rings is 1. The standard InChI is InChI=1S/C15H23FN2O2/c1-14(2,3)20-13(19)18-10-15(4,9-17)11-7-5-6-8-12(11)16/h5-8H,9-10,17H2,1-4H3,(H,18,19). The summed E-state index contributed by atoms with van der Waals surface area (Å²) in [4.78, 5) is 11.7. The van der Waals surface area contributed by atoms with E-state index in [4.69, 9.17) is 10.5 Å². The van der Waals surface area contributed by atoms with Crippen LogP contribution in [0.4, 0.5) is 9.18 Å². The van der Waals surface area contributed by atoms with Crippen molar-refractivity contribution in [2.24, 2.45) is 5.73 Å². The Labute approximate surface area is 119 Å². The van der Waals surface area contributed by atoms with Gasteiger partial charge in [-0.2, -0.15) is 0 Å². The summed E-state index contributed by atoms with van der Waals surface area (Å²) in [6.07, 6.45) is -0.534. The molecule has 0 aliphatic rings. The van der Waals surface area contributed by atoms with Crippen LogP contribution in [-0.4, -0.2) is 24.8 Å². The molecule has 0 radical (unpaired) electrons. The number of ether oxygens (including phenoxy) is 1. The largest absolute Gasteiger partial charge is 0.444 e. The van der Waals surface area contributed by atoms with Crippen LogP contribution >= 0.6 is 0 Å². The number of hydrogen-bond donors (Lipinski definition) is 2. The second-order valence-corrected chi connectivity index (χ2v) is 6.10. The molecule has 0 heterocycles. The number of alkyl carbamates (subject to hydrolysis) is 1. The molecule has 0 aliphatic heterocycles. The van der Waals surface area contributed by atoms with Crippen LogP contribution in [0, 0.1) is 5.82 Å². The molecule has 20 heavy (non-hydrogen) atoms. The number of amides is 1. The van der Waals surface area contributed by atoms with E-state index in [9.17, 15) is 9.18 Å². The van der Waals surface area contributed by atoms with Crippen molar-refractivity contribution >= 4 is 6.09 Å². The summed E-state index contributed by atoms with van der Waals surface area (Å²) in [5.74, 6) is -0.327. The number of rotatable bonds is 4. The molecular weight excluding hydrogens is 259 g/mol. The molecule has 3 N–H and O–H groups in total. The molecule has 1 amide bonds. The molecule has 0 saturated carbocycles. The van der Waals surface area contributed by atoms with Gasteiger partial charge in [0.25, 0.3) is 0 Å². The number of nitrogens with one attached hydrogen (secondary N) is 1. The maximum absolute atomic E-state index is 13.9. The van der Waals surface area contributed by atoms with Crippen LogP contribution in [0.25, 0.3) is 0 Å². The fraction of sp³-hybridized carbons (Fsp3) is 0.533. The van der Waals surface area contributed by atoms with Crippen molar-refractivity contribution in [3.63, 3.8) is 0 Å².